The van der Waals surface area contributed by atoms with E-state index in [0.29, 0.717) is 17.5 Å². The van der Waals surface area contributed by atoms with E-state index in [4.69, 9.17) is 23.8 Å². The van der Waals surface area contributed by atoms with Gasteiger partial charge in [-0.2, -0.15) is 0 Å². The van der Waals surface area contributed by atoms with Crippen LogP contribution in [0.4, 0.5) is 0 Å². The van der Waals surface area contributed by atoms with E-state index in [1.165, 1.54) is 11.1 Å². The molecule has 0 amide bonds. The zero-order valence-electron chi connectivity index (χ0n) is 30.3. The molecule has 0 bridgehead atoms. The zero-order valence-corrected chi connectivity index (χ0v) is 30.3. The van der Waals surface area contributed by atoms with Gasteiger partial charge in [0.25, 0.3) is 0 Å². The number of rotatable bonds is 6. The molecule has 0 saturated carbocycles. The first kappa shape index (κ1) is 32.1. The molecule has 56 heavy (non-hydrogen) atoms. The zero-order chi connectivity index (χ0) is 37.0. The molecule has 11 rings (SSSR count). The summed E-state index contributed by atoms with van der Waals surface area (Å²) in [5, 5.41) is 4.17. The predicted octanol–water partition coefficient (Wildman–Crippen LogP) is 13.7. The van der Waals surface area contributed by atoms with E-state index in [0.717, 1.165) is 95.7 Å². The van der Waals surface area contributed by atoms with Crippen LogP contribution in [0.5, 0.6) is 0 Å². The SMILES string of the molecule is C1=CCCC(c2cccc(-c3nc(-c4cccc(-c5ccc(-c6ccccc6)c6oc7ccccc7c56)c4)nc(-c4cccc5oc6ccccc6c45)n3)c2)=C1. The van der Waals surface area contributed by atoms with Gasteiger partial charge in [-0.1, -0.05) is 140 Å². The molecule has 1 aliphatic rings. The lowest BCUT2D eigenvalue weighted by molar-refractivity contribution is 0.669. The van der Waals surface area contributed by atoms with Crippen molar-refractivity contribution in [2.75, 3.05) is 0 Å². The van der Waals surface area contributed by atoms with E-state index in [9.17, 15) is 0 Å². The maximum absolute atomic E-state index is 6.61. The number of hydrogen-bond acceptors (Lipinski definition) is 5. The van der Waals surface area contributed by atoms with Crippen molar-refractivity contribution in [3.63, 3.8) is 0 Å². The number of nitrogens with zero attached hydrogens (tertiary/aromatic N) is 3. The minimum Gasteiger partial charge on any atom is -0.456 e. The maximum atomic E-state index is 6.61. The molecule has 5 heteroatoms. The van der Waals surface area contributed by atoms with Crippen LogP contribution in [0.1, 0.15) is 18.4 Å². The Hall–Kier alpha value is -7.37. The fourth-order valence-corrected chi connectivity index (χ4v) is 8.16. The molecule has 3 heterocycles. The largest absolute Gasteiger partial charge is 0.456 e. The van der Waals surface area contributed by atoms with Crippen molar-refractivity contribution in [3.05, 3.63) is 182 Å². The Morgan fingerprint density at radius 2 is 1.00 bits per heavy atom. The second-order valence-electron chi connectivity index (χ2n) is 14.2. The first-order valence-corrected chi connectivity index (χ1v) is 19.0. The molecule has 264 valence electrons. The Balaban J connectivity index is 1.11. The molecule has 0 saturated heterocycles. The molecule has 3 aromatic heterocycles. The third-order valence-corrected chi connectivity index (χ3v) is 10.8. The van der Waals surface area contributed by atoms with E-state index in [-0.39, 0.29) is 0 Å². The highest BCUT2D eigenvalue weighted by Gasteiger charge is 2.20. The van der Waals surface area contributed by atoms with Crippen molar-refractivity contribution in [3.8, 4) is 56.4 Å². The summed E-state index contributed by atoms with van der Waals surface area (Å²) in [6.45, 7) is 0. The lowest BCUT2D eigenvalue weighted by atomic mass is 9.94. The summed E-state index contributed by atoms with van der Waals surface area (Å²) in [5.74, 6) is 1.80. The molecule has 10 aromatic rings. The van der Waals surface area contributed by atoms with E-state index >= 15 is 0 Å². The molecule has 0 N–H and O–H groups in total. The second kappa shape index (κ2) is 13.2. The standard InChI is InChI=1S/C51H33N3O2/c1-3-14-32(15-4-1)34-18-11-20-36(30-34)49-52-50(54-51(53-49)42-24-13-27-45-46(42)40-22-7-9-25-43(40)55-45)37-21-12-19-35(31-37)38-28-29-39(33-16-5-2-6-17-33)48-47(38)41-23-8-10-26-44(41)56-48/h1-3,5-14,16-31H,4,15H2. The van der Waals surface area contributed by atoms with E-state index in [2.05, 4.69) is 127 Å². The fourth-order valence-electron chi connectivity index (χ4n) is 8.16. The molecule has 0 radical (unpaired) electrons. The van der Waals surface area contributed by atoms with E-state index < -0.39 is 0 Å². The molecule has 7 aromatic carbocycles. The van der Waals surface area contributed by atoms with Crippen molar-refractivity contribution < 1.29 is 8.83 Å². The van der Waals surface area contributed by atoms with Gasteiger partial charge in [-0.3, -0.25) is 0 Å². The molecule has 5 nitrogen and oxygen atoms in total. The van der Waals surface area contributed by atoms with Crippen molar-refractivity contribution in [1.82, 2.24) is 15.0 Å². The molecule has 0 atom stereocenters. The van der Waals surface area contributed by atoms with Crippen LogP contribution in [0.25, 0.3) is 106 Å². The van der Waals surface area contributed by atoms with Crippen LogP contribution in [0.15, 0.2) is 185 Å². The Morgan fingerprint density at radius 1 is 0.411 bits per heavy atom. The summed E-state index contributed by atoms with van der Waals surface area (Å²) >= 11 is 0. The van der Waals surface area contributed by atoms with Gasteiger partial charge in [0.15, 0.2) is 17.5 Å². The van der Waals surface area contributed by atoms with Gasteiger partial charge >= 0.3 is 0 Å². The van der Waals surface area contributed by atoms with Crippen LogP contribution in [0.3, 0.4) is 0 Å². The first-order valence-electron chi connectivity index (χ1n) is 19.0. The summed E-state index contributed by atoms with van der Waals surface area (Å²) in [5.41, 5.74) is 12.9. The van der Waals surface area contributed by atoms with Crippen LogP contribution >= 0.6 is 0 Å². The number of aromatic nitrogens is 3. The molecule has 0 aliphatic heterocycles. The van der Waals surface area contributed by atoms with Crippen LogP contribution in [-0.4, -0.2) is 15.0 Å². The normalized spacial score (nSPS) is 12.9. The molecule has 0 unspecified atom stereocenters. The number of fused-ring (bicyclic) bond motifs is 6. The van der Waals surface area contributed by atoms with Crippen molar-refractivity contribution in [1.29, 1.82) is 0 Å². The second-order valence-corrected chi connectivity index (χ2v) is 14.2. The van der Waals surface area contributed by atoms with Crippen LogP contribution < -0.4 is 0 Å². The van der Waals surface area contributed by atoms with E-state index in [1.807, 2.05) is 48.5 Å². The summed E-state index contributed by atoms with van der Waals surface area (Å²) in [7, 11) is 0. The Bertz CT molecular complexity index is 3200. The monoisotopic (exact) mass is 719 g/mol. The van der Waals surface area contributed by atoms with Gasteiger partial charge in [-0.15, -0.1) is 0 Å². The first-order chi connectivity index (χ1) is 27.7. The minimum absolute atomic E-state index is 0.591. The van der Waals surface area contributed by atoms with Crippen LogP contribution in [0.2, 0.25) is 0 Å². The highest BCUT2D eigenvalue weighted by atomic mass is 16.3. The smallest absolute Gasteiger partial charge is 0.164 e. The number of allylic oxidation sites excluding steroid dienone is 4. The van der Waals surface area contributed by atoms with Gasteiger partial charge in [-0.25, -0.2) is 15.0 Å². The molecular formula is C51H33N3O2. The Kier molecular flexibility index (Phi) is 7.56. The predicted molar refractivity (Wildman–Crippen MR) is 228 cm³/mol. The lowest BCUT2D eigenvalue weighted by Crippen LogP contribution is -2.01. The minimum atomic E-state index is 0.591. The van der Waals surface area contributed by atoms with Crippen molar-refractivity contribution >= 4 is 49.5 Å². The fraction of sp³-hybridized carbons (Fsp3) is 0.0392. The Labute approximate surface area is 322 Å². The summed E-state index contributed by atoms with van der Waals surface area (Å²) in [6, 6.07) is 54.4. The topological polar surface area (TPSA) is 65.0 Å². The van der Waals surface area contributed by atoms with Gasteiger partial charge in [0.1, 0.15) is 22.3 Å². The summed E-state index contributed by atoms with van der Waals surface area (Å²) in [6.07, 6.45) is 8.59. The van der Waals surface area contributed by atoms with Gasteiger partial charge in [-0.05, 0) is 77.1 Å². The molecule has 1 aliphatic carbocycles. The third-order valence-electron chi connectivity index (χ3n) is 10.8. The van der Waals surface area contributed by atoms with E-state index in [1.54, 1.807) is 0 Å². The number of furan rings is 2. The third kappa shape index (κ3) is 5.44. The average molecular weight is 720 g/mol. The highest BCUT2D eigenvalue weighted by Crippen LogP contribution is 2.43. The molecule has 0 fully saturated rings. The quantitative estimate of drug-likeness (QED) is 0.171. The Morgan fingerprint density at radius 3 is 1.77 bits per heavy atom. The maximum Gasteiger partial charge on any atom is 0.164 e. The molecule has 0 spiro atoms. The summed E-state index contributed by atoms with van der Waals surface area (Å²) in [4.78, 5) is 15.6. The highest BCUT2D eigenvalue weighted by molar-refractivity contribution is 6.16. The average Bonchev–Trinajstić information content (AvgIpc) is 3.86. The van der Waals surface area contributed by atoms with Crippen LogP contribution in [-0.2, 0) is 0 Å². The number of hydrogen-bond donors (Lipinski definition) is 0. The molecular weight excluding hydrogens is 687 g/mol. The lowest BCUT2D eigenvalue weighted by Gasteiger charge is -2.13. The van der Waals surface area contributed by atoms with Crippen molar-refractivity contribution in [2.45, 2.75) is 12.8 Å². The van der Waals surface area contributed by atoms with Gasteiger partial charge in [0.05, 0.1) is 0 Å². The van der Waals surface area contributed by atoms with Gasteiger partial charge in [0.2, 0.25) is 0 Å². The van der Waals surface area contributed by atoms with Gasteiger partial charge < -0.3 is 8.83 Å². The van der Waals surface area contributed by atoms with Crippen molar-refractivity contribution in [2.24, 2.45) is 0 Å². The van der Waals surface area contributed by atoms with Gasteiger partial charge in [0, 0.05) is 43.8 Å². The van der Waals surface area contributed by atoms with Crippen LogP contribution in [0, 0.1) is 0 Å². The summed E-state index contributed by atoms with van der Waals surface area (Å²) < 4.78 is 12.9. The number of benzene rings is 7. The number of para-hydroxylation sites is 2.